The summed E-state index contributed by atoms with van der Waals surface area (Å²) in [6, 6.07) is 9.71. The average molecular weight is 328 g/mol. The maximum Gasteiger partial charge on any atom is 0.264 e. The molecule has 0 aliphatic rings. The van der Waals surface area contributed by atoms with Crippen molar-refractivity contribution in [3.63, 3.8) is 0 Å². The minimum absolute atomic E-state index is 0.0393. The van der Waals surface area contributed by atoms with Crippen LogP contribution in [0.1, 0.15) is 5.56 Å². The van der Waals surface area contributed by atoms with Crippen LogP contribution in [0.25, 0.3) is 11.0 Å². The second-order valence-corrected chi connectivity index (χ2v) is 6.24. The van der Waals surface area contributed by atoms with Gasteiger partial charge in [-0.3, -0.25) is 14.7 Å². The van der Waals surface area contributed by atoms with Crippen LogP contribution in [-0.4, -0.2) is 18.4 Å². The first-order chi connectivity index (χ1) is 11.0. The van der Waals surface area contributed by atoms with Gasteiger partial charge in [0.15, 0.2) is 0 Å². The van der Waals surface area contributed by atoms with Crippen LogP contribution >= 0.6 is 0 Å². The number of anilines is 1. The van der Waals surface area contributed by atoms with Gasteiger partial charge in [-0.05, 0) is 30.3 Å². The van der Waals surface area contributed by atoms with E-state index in [0.29, 0.717) is 11.0 Å². The molecule has 6 nitrogen and oxygen atoms in total. The number of hydrogen-bond acceptors (Lipinski definition) is 5. The molecule has 0 spiro atoms. The third-order valence-corrected chi connectivity index (χ3v) is 4.49. The van der Waals surface area contributed by atoms with E-state index in [1.165, 1.54) is 24.5 Å². The third-order valence-electron chi connectivity index (χ3n) is 3.09. The number of para-hydroxylation sites is 1. The Bertz CT molecular complexity index is 1040. The van der Waals surface area contributed by atoms with E-state index in [-0.39, 0.29) is 11.3 Å². The van der Waals surface area contributed by atoms with Crippen molar-refractivity contribution in [1.29, 1.82) is 5.26 Å². The first-order valence-corrected chi connectivity index (χ1v) is 7.92. The van der Waals surface area contributed by atoms with Crippen molar-refractivity contribution in [2.75, 3.05) is 4.72 Å². The average Bonchev–Trinajstić information content (AvgIpc) is 2.54. The van der Waals surface area contributed by atoms with Crippen molar-refractivity contribution in [3.8, 4) is 6.07 Å². The highest BCUT2D eigenvalue weighted by Crippen LogP contribution is 2.24. The fourth-order valence-corrected chi connectivity index (χ4v) is 3.19. The lowest BCUT2D eigenvalue weighted by atomic mass is 10.2. The molecule has 1 heterocycles. The number of aromatic nitrogens is 2. The zero-order valence-corrected chi connectivity index (χ0v) is 12.4. The molecule has 0 bridgehead atoms. The number of benzene rings is 2. The van der Waals surface area contributed by atoms with Crippen LogP contribution in [0.15, 0.2) is 53.7 Å². The van der Waals surface area contributed by atoms with Crippen LogP contribution < -0.4 is 4.72 Å². The summed E-state index contributed by atoms with van der Waals surface area (Å²) in [6.07, 6.45) is 2.92. The molecule has 23 heavy (non-hydrogen) atoms. The Kier molecular flexibility index (Phi) is 3.64. The van der Waals surface area contributed by atoms with Crippen LogP contribution in [0, 0.1) is 17.1 Å². The number of hydrogen-bond donors (Lipinski definition) is 1. The molecule has 2 aromatic carbocycles. The molecule has 0 amide bonds. The molecule has 0 radical (unpaired) electrons. The zero-order valence-electron chi connectivity index (χ0n) is 11.6. The molecular weight excluding hydrogens is 319 g/mol. The number of nitrogens with one attached hydrogen (secondary N) is 1. The summed E-state index contributed by atoms with van der Waals surface area (Å²) < 4.78 is 41.0. The molecule has 114 valence electrons. The molecule has 3 rings (SSSR count). The molecule has 1 N–H and O–H groups in total. The van der Waals surface area contributed by atoms with Crippen LogP contribution in [0.4, 0.5) is 10.1 Å². The van der Waals surface area contributed by atoms with Crippen LogP contribution in [-0.2, 0) is 10.0 Å². The number of sulfonamides is 1. The van der Waals surface area contributed by atoms with Gasteiger partial charge in [-0.1, -0.05) is 6.07 Å². The van der Waals surface area contributed by atoms with Crippen molar-refractivity contribution < 1.29 is 12.8 Å². The largest absolute Gasteiger partial charge is 0.277 e. The Morgan fingerprint density at radius 2 is 1.91 bits per heavy atom. The minimum atomic E-state index is -4.16. The maximum absolute atomic E-state index is 14.0. The van der Waals surface area contributed by atoms with E-state index >= 15 is 0 Å². The maximum atomic E-state index is 14.0. The standard InChI is InChI=1S/C15H9FN4O2S/c16-11-8-10(9-17)4-5-14(11)23(21,22)20-13-3-1-2-12-15(13)19-7-6-18-12/h1-8,20H. The fraction of sp³-hybridized carbons (Fsp3) is 0. The molecule has 0 aliphatic heterocycles. The summed E-state index contributed by atoms with van der Waals surface area (Å²) in [4.78, 5) is 7.62. The lowest BCUT2D eigenvalue weighted by Gasteiger charge is -2.10. The predicted octanol–water partition coefficient (Wildman–Crippen LogP) is 2.44. The number of halogens is 1. The van der Waals surface area contributed by atoms with Gasteiger partial charge in [0.25, 0.3) is 10.0 Å². The molecule has 1 aromatic heterocycles. The van der Waals surface area contributed by atoms with E-state index < -0.39 is 20.7 Å². The highest BCUT2D eigenvalue weighted by Gasteiger charge is 2.20. The van der Waals surface area contributed by atoms with Crippen molar-refractivity contribution in [2.24, 2.45) is 0 Å². The molecular formula is C15H9FN4O2S. The van der Waals surface area contributed by atoms with Gasteiger partial charge in [-0.2, -0.15) is 5.26 Å². The number of nitriles is 1. The van der Waals surface area contributed by atoms with Gasteiger partial charge >= 0.3 is 0 Å². The summed E-state index contributed by atoms with van der Waals surface area (Å²) >= 11 is 0. The number of rotatable bonds is 3. The summed E-state index contributed by atoms with van der Waals surface area (Å²) in [5, 5.41) is 8.71. The summed E-state index contributed by atoms with van der Waals surface area (Å²) in [6.45, 7) is 0. The van der Waals surface area contributed by atoms with Crippen molar-refractivity contribution >= 4 is 26.7 Å². The van der Waals surface area contributed by atoms with E-state index in [2.05, 4.69) is 14.7 Å². The smallest absolute Gasteiger partial charge is 0.264 e. The number of nitrogens with zero attached hydrogens (tertiary/aromatic N) is 3. The molecule has 0 saturated heterocycles. The van der Waals surface area contributed by atoms with Crippen LogP contribution in [0.5, 0.6) is 0 Å². The number of fused-ring (bicyclic) bond motifs is 1. The third kappa shape index (κ3) is 2.82. The Morgan fingerprint density at radius 1 is 1.13 bits per heavy atom. The lowest BCUT2D eigenvalue weighted by molar-refractivity contribution is 0.570. The summed E-state index contributed by atoms with van der Waals surface area (Å²) in [7, 11) is -4.16. The molecule has 0 aliphatic carbocycles. The molecule has 8 heteroatoms. The highest BCUT2D eigenvalue weighted by molar-refractivity contribution is 7.92. The monoisotopic (exact) mass is 328 g/mol. The second-order valence-electron chi connectivity index (χ2n) is 4.59. The van der Waals surface area contributed by atoms with E-state index in [4.69, 9.17) is 5.26 Å². The van der Waals surface area contributed by atoms with Gasteiger partial charge < -0.3 is 0 Å². The zero-order chi connectivity index (χ0) is 16.4. The molecule has 0 unspecified atom stereocenters. The van der Waals surface area contributed by atoms with Crippen molar-refractivity contribution in [3.05, 3.63) is 60.2 Å². The second kappa shape index (κ2) is 5.62. The summed E-state index contributed by atoms with van der Waals surface area (Å²) in [5.41, 5.74) is 1.09. The van der Waals surface area contributed by atoms with Gasteiger partial charge in [0.2, 0.25) is 0 Å². The Balaban J connectivity index is 2.06. The van der Waals surface area contributed by atoms with E-state index in [1.807, 2.05) is 0 Å². The van der Waals surface area contributed by atoms with Gasteiger partial charge in [-0.15, -0.1) is 0 Å². The Hall–Kier alpha value is -3.05. The molecule has 0 fully saturated rings. The quantitative estimate of drug-likeness (QED) is 0.796. The SMILES string of the molecule is N#Cc1ccc(S(=O)(=O)Nc2cccc3nccnc23)c(F)c1. The van der Waals surface area contributed by atoms with Gasteiger partial charge in [0.05, 0.1) is 22.8 Å². The normalized spacial score (nSPS) is 11.1. The highest BCUT2D eigenvalue weighted by atomic mass is 32.2. The van der Waals surface area contributed by atoms with Gasteiger partial charge in [-0.25, -0.2) is 12.8 Å². The van der Waals surface area contributed by atoms with Gasteiger partial charge in [0.1, 0.15) is 16.2 Å². The van der Waals surface area contributed by atoms with Crippen molar-refractivity contribution in [1.82, 2.24) is 9.97 Å². The lowest BCUT2D eigenvalue weighted by Crippen LogP contribution is -2.15. The molecule has 0 saturated carbocycles. The predicted molar refractivity (Wildman–Crippen MR) is 81.5 cm³/mol. The topological polar surface area (TPSA) is 95.7 Å². The first-order valence-electron chi connectivity index (χ1n) is 6.43. The minimum Gasteiger partial charge on any atom is -0.277 e. The molecule has 3 aromatic rings. The molecule has 0 atom stereocenters. The Morgan fingerprint density at radius 3 is 2.65 bits per heavy atom. The van der Waals surface area contributed by atoms with Crippen molar-refractivity contribution in [2.45, 2.75) is 4.90 Å². The van der Waals surface area contributed by atoms with E-state index in [1.54, 1.807) is 18.2 Å². The summed E-state index contributed by atoms with van der Waals surface area (Å²) in [5.74, 6) is -0.997. The van der Waals surface area contributed by atoms with Crippen LogP contribution in [0.2, 0.25) is 0 Å². The van der Waals surface area contributed by atoms with Crippen LogP contribution in [0.3, 0.4) is 0 Å². The van der Waals surface area contributed by atoms with Gasteiger partial charge in [0, 0.05) is 12.4 Å². The first kappa shape index (κ1) is 14.9. The van der Waals surface area contributed by atoms with E-state index in [0.717, 1.165) is 12.1 Å². The fourth-order valence-electron chi connectivity index (χ4n) is 2.06. The van der Waals surface area contributed by atoms with E-state index in [9.17, 15) is 12.8 Å². The Labute approximate surface area is 131 Å².